The second-order valence-corrected chi connectivity index (χ2v) is 7.09. The van der Waals surface area contributed by atoms with Gasteiger partial charge in [-0.1, -0.05) is 38.1 Å². The van der Waals surface area contributed by atoms with E-state index in [1.165, 1.54) is 5.56 Å². The summed E-state index contributed by atoms with van der Waals surface area (Å²) in [5.41, 5.74) is 2.40. The summed E-state index contributed by atoms with van der Waals surface area (Å²) in [6.45, 7) is 4.88. The van der Waals surface area contributed by atoms with Gasteiger partial charge in [-0.25, -0.2) is 4.79 Å². The van der Waals surface area contributed by atoms with E-state index in [9.17, 15) is 9.59 Å². The fraction of sp³-hybridized carbons (Fsp3) is 0.579. The molecule has 0 radical (unpaired) electrons. The normalized spacial score (nSPS) is 20.7. The van der Waals surface area contributed by atoms with Crippen molar-refractivity contribution in [1.82, 2.24) is 10.2 Å². The van der Waals surface area contributed by atoms with Gasteiger partial charge in [-0.05, 0) is 42.7 Å². The number of carboxylic acids is 1. The molecule has 0 atom stereocenters. The van der Waals surface area contributed by atoms with Gasteiger partial charge in [0.05, 0.1) is 5.92 Å². The number of rotatable bonds is 5. The van der Waals surface area contributed by atoms with E-state index >= 15 is 0 Å². The molecular weight excluding hydrogens is 304 g/mol. The van der Waals surface area contributed by atoms with Gasteiger partial charge < -0.3 is 15.3 Å². The third-order valence-electron chi connectivity index (χ3n) is 4.82. The molecule has 1 aromatic carbocycles. The third kappa shape index (κ3) is 4.98. The average Bonchev–Trinajstić information content (AvgIpc) is 2.55. The molecule has 24 heavy (non-hydrogen) atoms. The minimum absolute atomic E-state index is 0.0823. The zero-order valence-electron chi connectivity index (χ0n) is 14.8. The number of carbonyl (C=O) groups is 2. The van der Waals surface area contributed by atoms with Crippen LogP contribution in [0.1, 0.15) is 56.6 Å². The Labute approximate surface area is 144 Å². The number of nitrogens with zero attached hydrogens (tertiary/aromatic N) is 1. The minimum atomic E-state index is -0.721. The molecule has 2 amide bonds. The Morgan fingerprint density at radius 1 is 1.17 bits per heavy atom. The zero-order valence-corrected chi connectivity index (χ0v) is 14.8. The van der Waals surface area contributed by atoms with E-state index in [0.29, 0.717) is 25.3 Å². The molecular formula is C19H28N2O3. The molecule has 132 valence electrons. The fourth-order valence-corrected chi connectivity index (χ4v) is 3.12. The second kappa shape index (κ2) is 8.18. The van der Waals surface area contributed by atoms with E-state index in [4.69, 9.17) is 5.11 Å². The van der Waals surface area contributed by atoms with Gasteiger partial charge >= 0.3 is 12.0 Å². The number of amides is 2. The van der Waals surface area contributed by atoms with Crippen LogP contribution in [0.3, 0.4) is 0 Å². The quantitative estimate of drug-likeness (QED) is 0.865. The lowest BCUT2D eigenvalue weighted by atomic mass is 9.86. The summed E-state index contributed by atoms with van der Waals surface area (Å²) in [4.78, 5) is 24.9. The molecule has 1 saturated carbocycles. The van der Waals surface area contributed by atoms with Crippen molar-refractivity contribution in [2.45, 2.75) is 58.0 Å². The number of aliphatic carboxylic acids is 1. The van der Waals surface area contributed by atoms with E-state index in [-0.39, 0.29) is 18.0 Å². The molecule has 0 bridgehead atoms. The Kier molecular flexibility index (Phi) is 6.23. The highest BCUT2D eigenvalue weighted by Crippen LogP contribution is 2.24. The summed E-state index contributed by atoms with van der Waals surface area (Å²) in [6, 6.07) is 8.34. The van der Waals surface area contributed by atoms with E-state index in [1.807, 2.05) is 0 Å². The van der Waals surface area contributed by atoms with Crippen molar-refractivity contribution >= 4 is 12.0 Å². The van der Waals surface area contributed by atoms with Gasteiger partial charge in [-0.3, -0.25) is 4.79 Å². The predicted molar refractivity (Wildman–Crippen MR) is 93.9 cm³/mol. The van der Waals surface area contributed by atoms with Crippen molar-refractivity contribution in [2.24, 2.45) is 5.92 Å². The van der Waals surface area contributed by atoms with Gasteiger partial charge in [0.15, 0.2) is 0 Å². The maximum Gasteiger partial charge on any atom is 0.317 e. The smallest absolute Gasteiger partial charge is 0.317 e. The standard InChI is InChI=1S/C19H28N2O3/c1-13(2)15-6-4-14(5-7-15)12-21(3)19(24)20-17-10-8-16(9-11-17)18(22)23/h4-7,13,16-17H,8-12H2,1-3H3,(H,20,24)(H,22,23). The van der Waals surface area contributed by atoms with Crippen LogP contribution in [-0.4, -0.2) is 35.1 Å². The van der Waals surface area contributed by atoms with Crippen molar-refractivity contribution < 1.29 is 14.7 Å². The molecule has 1 aliphatic rings. The minimum Gasteiger partial charge on any atom is -0.481 e. The number of carbonyl (C=O) groups excluding carboxylic acids is 1. The van der Waals surface area contributed by atoms with Crippen LogP contribution in [0.5, 0.6) is 0 Å². The predicted octanol–water partition coefficient (Wildman–Crippen LogP) is 3.59. The molecule has 2 N–H and O–H groups in total. The average molecular weight is 332 g/mol. The summed E-state index contributed by atoms with van der Waals surface area (Å²) >= 11 is 0. The van der Waals surface area contributed by atoms with Crippen molar-refractivity contribution in [1.29, 1.82) is 0 Å². The molecule has 1 aromatic rings. The Balaban J connectivity index is 1.81. The molecule has 0 spiro atoms. The summed E-state index contributed by atoms with van der Waals surface area (Å²) in [7, 11) is 1.79. The lowest BCUT2D eigenvalue weighted by Gasteiger charge is -2.29. The van der Waals surface area contributed by atoms with Gasteiger partial charge in [0, 0.05) is 19.6 Å². The monoisotopic (exact) mass is 332 g/mol. The van der Waals surface area contributed by atoms with Gasteiger partial charge in [-0.2, -0.15) is 0 Å². The molecule has 1 aliphatic carbocycles. The highest BCUT2D eigenvalue weighted by Gasteiger charge is 2.27. The Hall–Kier alpha value is -2.04. The lowest BCUT2D eigenvalue weighted by molar-refractivity contribution is -0.142. The Morgan fingerprint density at radius 2 is 1.75 bits per heavy atom. The van der Waals surface area contributed by atoms with E-state index < -0.39 is 5.97 Å². The molecule has 0 heterocycles. The van der Waals surface area contributed by atoms with Gasteiger partial charge in [0.25, 0.3) is 0 Å². The van der Waals surface area contributed by atoms with Gasteiger partial charge in [-0.15, -0.1) is 0 Å². The highest BCUT2D eigenvalue weighted by atomic mass is 16.4. The Bertz CT molecular complexity index is 560. The summed E-state index contributed by atoms with van der Waals surface area (Å²) in [5.74, 6) is -0.474. The number of benzene rings is 1. The Morgan fingerprint density at radius 3 is 2.25 bits per heavy atom. The van der Waals surface area contributed by atoms with Crippen LogP contribution >= 0.6 is 0 Å². The molecule has 0 aliphatic heterocycles. The largest absolute Gasteiger partial charge is 0.481 e. The molecule has 0 aromatic heterocycles. The zero-order chi connectivity index (χ0) is 17.7. The number of hydrogen-bond donors (Lipinski definition) is 2. The van der Waals surface area contributed by atoms with Crippen molar-refractivity contribution in [3.63, 3.8) is 0 Å². The van der Waals surface area contributed by atoms with Crippen LogP contribution in [0.15, 0.2) is 24.3 Å². The van der Waals surface area contributed by atoms with Crippen molar-refractivity contribution in [3.8, 4) is 0 Å². The van der Waals surface area contributed by atoms with Gasteiger partial charge in [0.1, 0.15) is 0 Å². The first-order valence-electron chi connectivity index (χ1n) is 8.70. The molecule has 1 fully saturated rings. The molecule has 2 rings (SSSR count). The molecule has 0 saturated heterocycles. The van der Waals surface area contributed by atoms with Crippen LogP contribution in [0, 0.1) is 5.92 Å². The van der Waals surface area contributed by atoms with Gasteiger partial charge in [0.2, 0.25) is 0 Å². The summed E-state index contributed by atoms with van der Waals surface area (Å²) in [6.07, 6.45) is 2.75. The van der Waals surface area contributed by atoms with Crippen LogP contribution in [0.25, 0.3) is 0 Å². The first-order valence-corrected chi connectivity index (χ1v) is 8.70. The van der Waals surface area contributed by atoms with E-state index in [1.54, 1.807) is 11.9 Å². The second-order valence-electron chi connectivity index (χ2n) is 7.09. The van der Waals surface area contributed by atoms with Crippen LogP contribution in [-0.2, 0) is 11.3 Å². The first-order chi connectivity index (χ1) is 11.4. The van der Waals surface area contributed by atoms with Crippen LogP contribution < -0.4 is 5.32 Å². The number of nitrogens with one attached hydrogen (secondary N) is 1. The fourth-order valence-electron chi connectivity index (χ4n) is 3.12. The van der Waals surface area contributed by atoms with Crippen molar-refractivity contribution in [3.05, 3.63) is 35.4 Å². The maximum atomic E-state index is 12.3. The third-order valence-corrected chi connectivity index (χ3v) is 4.82. The molecule has 0 unspecified atom stereocenters. The van der Waals surface area contributed by atoms with Crippen molar-refractivity contribution in [2.75, 3.05) is 7.05 Å². The summed E-state index contributed by atoms with van der Waals surface area (Å²) < 4.78 is 0. The number of carboxylic acid groups (broad SMARTS) is 1. The topological polar surface area (TPSA) is 69.6 Å². The van der Waals surface area contributed by atoms with Crippen LogP contribution in [0.2, 0.25) is 0 Å². The van der Waals surface area contributed by atoms with E-state index in [2.05, 4.69) is 43.4 Å². The number of urea groups is 1. The number of hydrogen-bond acceptors (Lipinski definition) is 2. The first kappa shape index (κ1) is 18.3. The summed E-state index contributed by atoms with van der Waals surface area (Å²) in [5, 5.41) is 12.0. The highest BCUT2D eigenvalue weighted by molar-refractivity contribution is 5.74. The lowest BCUT2D eigenvalue weighted by Crippen LogP contribution is -2.44. The molecule has 5 heteroatoms. The maximum absolute atomic E-state index is 12.3. The van der Waals surface area contributed by atoms with Crippen LogP contribution in [0.4, 0.5) is 4.79 Å². The van der Waals surface area contributed by atoms with E-state index in [0.717, 1.165) is 18.4 Å². The SMILES string of the molecule is CC(C)c1ccc(CN(C)C(=O)NC2CCC(C(=O)O)CC2)cc1. The molecule has 5 nitrogen and oxygen atoms in total.